The molecule has 246 valence electrons. The topological polar surface area (TPSA) is 170 Å². The van der Waals surface area contributed by atoms with E-state index in [1.807, 2.05) is 25.5 Å². The summed E-state index contributed by atoms with van der Waals surface area (Å²) in [5, 5.41) is 19.4. The Bertz CT molecular complexity index is 1740. The molecule has 2 aliphatic rings. The van der Waals surface area contributed by atoms with Crippen LogP contribution in [0, 0.1) is 0 Å². The molecule has 0 bridgehead atoms. The number of para-hydroxylation sites is 1. The van der Waals surface area contributed by atoms with Crippen LogP contribution >= 0.6 is 7.75 Å². The third-order valence-corrected chi connectivity index (χ3v) is 9.53. The van der Waals surface area contributed by atoms with Crippen LogP contribution in [0.4, 0.5) is 0 Å². The maximum absolute atomic E-state index is 14.1. The fraction of sp³-hybridized carbons (Fsp3) is 0.467. The maximum atomic E-state index is 14.1. The zero-order valence-corrected chi connectivity index (χ0v) is 27.0. The number of aliphatic hydroxyl groups excluding tert-OH is 1. The molecule has 0 saturated carbocycles. The van der Waals surface area contributed by atoms with Crippen molar-refractivity contribution in [1.29, 1.82) is 0 Å². The van der Waals surface area contributed by atoms with E-state index in [4.69, 9.17) is 28.0 Å². The van der Waals surface area contributed by atoms with Gasteiger partial charge in [-0.1, -0.05) is 18.2 Å². The van der Waals surface area contributed by atoms with Crippen LogP contribution in [-0.4, -0.2) is 85.7 Å². The van der Waals surface area contributed by atoms with Gasteiger partial charge in [0.25, 0.3) is 0 Å². The second-order valence-electron chi connectivity index (χ2n) is 11.5. The van der Waals surface area contributed by atoms with Crippen LogP contribution in [0.2, 0.25) is 0 Å². The zero-order valence-electron chi connectivity index (χ0n) is 26.1. The summed E-state index contributed by atoms with van der Waals surface area (Å²) in [6.07, 6.45) is 2.09. The predicted molar refractivity (Wildman–Crippen MR) is 164 cm³/mol. The molecule has 1 spiro atoms. The highest BCUT2D eigenvalue weighted by Crippen LogP contribution is 2.52. The van der Waals surface area contributed by atoms with E-state index < -0.39 is 43.8 Å². The van der Waals surface area contributed by atoms with E-state index in [-0.39, 0.29) is 18.5 Å². The summed E-state index contributed by atoms with van der Waals surface area (Å²) in [6.45, 7) is 4.96. The number of fused-ring (bicyclic) bond motifs is 1. The van der Waals surface area contributed by atoms with Crippen molar-refractivity contribution in [3.8, 4) is 22.9 Å². The number of carbonyl (C=O) groups is 1. The average molecular weight is 657 g/mol. The minimum absolute atomic E-state index is 0.252. The van der Waals surface area contributed by atoms with Gasteiger partial charge < -0.3 is 33.1 Å². The van der Waals surface area contributed by atoms with Crippen molar-refractivity contribution in [2.45, 2.75) is 63.4 Å². The molecule has 6 atom stereocenters. The Morgan fingerprint density at radius 3 is 2.61 bits per heavy atom. The SMILES string of the molecule is COc1ncnc2c1c(-c1ccn(C)n1)cn2[C@@H]1O[C@H](COP(=O)(N[C@@H](C)C(=O)OC(C)C)Oc2ccccc2)[C@@H](O)[C@]12CCO2. The summed E-state index contributed by atoms with van der Waals surface area (Å²) >= 11 is 0. The number of hydrogen-bond acceptors (Lipinski definition) is 12. The monoisotopic (exact) mass is 656 g/mol. The second kappa shape index (κ2) is 12.7. The minimum Gasteiger partial charge on any atom is -0.480 e. The number of carbonyl (C=O) groups excluding carboxylic acids is 1. The molecule has 2 N–H and O–H groups in total. The summed E-state index contributed by atoms with van der Waals surface area (Å²) in [5.74, 6) is -0.0291. The molecule has 2 fully saturated rings. The third-order valence-electron chi connectivity index (χ3n) is 7.88. The van der Waals surface area contributed by atoms with Crippen LogP contribution in [0.3, 0.4) is 0 Å². The molecule has 2 aliphatic heterocycles. The van der Waals surface area contributed by atoms with Crippen molar-refractivity contribution < 1.29 is 42.5 Å². The van der Waals surface area contributed by atoms with Gasteiger partial charge in [-0.3, -0.25) is 14.0 Å². The van der Waals surface area contributed by atoms with Gasteiger partial charge in [-0.15, -0.1) is 0 Å². The summed E-state index contributed by atoms with van der Waals surface area (Å²) in [4.78, 5) is 21.4. The first-order valence-electron chi connectivity index (χ1n) is 14.9. The van der Waals surface area contributed by atoms with Crippen LogP contribution in [0.5, 0.6) is 11.6 Å². The van der Waals surface area contributed by atoms with Crippen molar-refractivity contribution in [2.75, 3.05) is 20.3 Å². The first-order chi connectivity index (χ1) is 22.0. The van der Waals surface area contributed by atoms with Gasteiger partial charge in [0.15, 0.2) is 6.23 Å². The normalized spacial score (nSPS) is 24.5. The Balaban J connectivity index is 1.30. The Morgan fingerprint density at radius 2 is 1.98 bits per heavy atom. The minimum atomic E-state index is -4.22. The van der Waals surface area contributed by atoms with E-state index >= 15 is 0 Å². The standard InChI is InChI=1S/C30H37N6O9P/c1-18(2)43-28(38)19(3)34-46(39,45-20-9-7-6-8-10-20)42-16-23-25(37)30(12-14-41-30)29(44-23)36-15-21(22-11-13-35(4)33-22)24-26(36)31-17-32-27(24)40-5/h6-11,13,15,17-19,23,25,29,37H,12,14,16H2,1-5H3,(H,34,39)/t19-,23+,25+,29+,30+,46?/m0/s1. The summed E-state index contributed by atoms with van der Waals surface area (Å²) < 4.78 is 52.5. The molecule has 16 heteroatoms. The lowest BCUT2D eigenvalue weighted by Crippen LogP contribution is -2.56. The smallest absolute Gasteiger partial charge is 0.459 e. The van der Waals surface area contributed by atoms with E-state index in [1.165, 1.54) is 20.4 Å². The number of aliphatic hydroxyl groups is 1. The van der Waals surface area contributed by atoms with Crippen LogP contribution in [0.15, 0.2) is 55.1 Å². The van der Waals surface area contributed by atoms with Gasteiger partial charge in [-0.25, -0.2) is 14.5 Å². The van der Waals surface area contributed by atoms with Gasteiger partial charge in [-0.05, 0) is 39.0 Å². The molecule has 0 amide bonds. The van der Waals surface area contributed by atoms with Gasteiger partial charge in [0.2, 0.25) is 5.88 Å². The van der Waals surface area contributed by atoms with Crippen LogP contribution in [-0.2, 0) is 35.1 Å². The molecule has 0 aliphatic carbocycles. The molecule has 6 rings (SSSR count). The van der Waals surface area contributed by atoms with Crippen molar-refractivity contribution in [3.05, 3.63) is 55.1 Å². The number of nitrogens with zero attached hydrogens (tertiary/aromatic N) is 5. The number of hydrogen-bond donors (Lipinski definition) is 2. The van der Waals surface area contributed by atoms with Crippen molar-refractivity contribution >= 4 is 24.7 Å². The number of aromatic nitrogens is 5. The Labute approximate surface area is 265 Å². The van der Waals surface area contributed by atoms with Crippen LogP contribution < -0.4 is 14.3 Å². The van der Waals surface area contributed by atoms with Crippen molar-refractivity contribution in [2.24, 2.45) is 7.05 Å². The van der Waals surface area contributed by atoms with Crippen molar-refractivity contribution in [3.63, 3.8) is 0 Å². The molecular formula is C30H37N6O9P. The molecular weight excluding hydrogens is 619 g/mol. The highest BCUT2D eigenvalue weighted by molar-refractivity contribution is 7.52. The van der Waals surface area contributed by atoms with E-state index in [0.29, 0.717) is 41.2 Å². The zero-order chi connectivity index (χ0) is 32.6. The molecule has 3 aromatic heterocycles. The van der Waals surface area contributed by atoms with Crippen LogP contribution in [0.25, 0.3) is 22.3 Å². The van der Waals surface area contributed by atoms with E-state index in [1.54, 1.807) is 53.4 Å². The molecule has 15 nitrogen and oxygen atoms in total. The van der Waals surface area contributed by atoms with E-state index in [2.05, 4.69) is 20.2 Å². The molecule has 46 heavy (non-hydrogen) atoms. The number of methoxy groups -OCH3 is 1. The number of rotatable bonds is 12. The number of aryl methyl sites for hydroxylation is 1. The second-order valence-corrected chi connectivity index (χ2v) is 13.2. The summed E-state index contributed by atoms with van der Waals surface area (Å²) in [6, 6.07) is 9.23. The Morgan fingerprint density at radius 1 is 1.22 bits per heavy atom. The molecule has 1 unspecified atom stereocenters. The Kier molecular flexibility index (Phi) is 8.89. The quantitative estimate of drug-likeness (QED) is 0.168. The first kappa shape index (κ1) is 32.1. The number of esters is 1. The average Bonchev–Trinajstić information content (AvgIpc) is 3.69. The molecule has 5 heterocycles. The third kappa shape index (κ3) is 6.01. The predicted octanol–water partition coefficient (Wildman–Crippen LogP) is 3.39. The lowest BCUT2D eigenvalue weighted by molar-refractivity contribution is -0.225. The van der Waals surface area contributed by atoms with Gasteiger partial charge in [0.05, 0.1) is 37.5 Å². The number of nitrogens with one attached hydrogen (secondary N) is 1. The van der Waals surface area contributed by atoms with E-state index in [9.17, 15) is 14.5 Å². The maximum Gasteiger partial charge on any atom is 0.459 e. The Hall–Kier alpha value is -3.85. The lowest BCUT2D eigenvalue weighted by Gasteiger charge is -2.44. The van der Waals surface area contributed by atoms with E-state index in [0.717, 1.165) is 0 Å². The highest BCUT2D eigenvalue weighted by atomic mass is 31.2. The van der Waals surface area contributed by atoms with Gasteiger partial charge in [0.1, 0.15) is 41.6 Å². The van der Waals surface area contributed by atoms with Gasteiger partial charge in [-0.2, -0.15) is 10.2 Å². The first-order valence-corrected chi connectivity index (χ1v) is 16.4. The molecule has 4 aromatic rings. The van der Waals surface area contributed by atoms with Gasteiger partial charge in [0, 0.05) is 31.4 Å². The summed E-state index contributed by atoms with van der Waals surface area (Å²) in [7, 11) is -0.879. The molecule has 2 saturated heterocycles. The van der Waals surface area contributed by atoms with Crippen molar-refractivity contribution in [1.82, 2.24) is 29.4 Å². The molecule has 0 radical (unpaired) electrons. The fourth-order valence-electron chi connectivity index (χ4n) is 5.66. The lowest BCUT2D eigenvalue weighted by atomic mass is 9.86. The molecule has 1 aromatic carbocycles. The number of benzene rings is 1. The highest BCUT2D eigenvalue weighted by Gasteiger charge is 2.62. The fourth-order valence-corrected chi connectivity index (χ4v) is 7.16. The van der Waals surface area contributed by atoms with Gasteiger partial charge >= 0.3 is 13.7 Å². The van der Waals surface area contributed by atoms with Crippen LogP contribution in [0.1, 0.15) is 33.4 Å². The number of ether oxygens (including phenoxy) is 4. The largest absolute Gasteiger partial charge is 0.480 e. The summed E-state index contributed by atoms with van der Waals surface area (Å²) in [5.41, 5.74) is 0.702.